The first-order chi connectivity index (χ1) is 14.8. The Balaban J connectivity index is 1.70. The molecule has 0 amide bonds. The van der Waals surface area contributed by atoms with Gasteiger partial charge >= 0.3 is 0 Å². The zero-order chi connectivity index (χ0) is 20.2. The van der Waals surface area contributed by atoms with E-state index in [1.807, 2.05) is 36.4 Å². The Morgan fingerprint density at radius 3 is 2.70 bits per heavy atom. The average molecular weight is 411 g/mol. The van der Waals surface area contributed by atoms with Crippen LogP contribution in [0.2, 0.25) is 0 Å². The molecule has 0 N–H and O–H groups in total. The number of aromatic nitrogens is 6. The standard InChI is InChI=1S/C20H9N7O2S/c21-9-12-14(13-7-4-8-29-13)23-20-27(19(12)28)17-15(30-20)18-25-24-16(26(18)10-22-17)11-5-2-1-3-6-11/h1-8,10H. The molecule has 0 radical (unpaired) electrons. The number of furan rings is 1. The molecule has 6 aromatic rings. The van der Waals surface area contributed by atoms with Crippen molar-refractivity contribution in [1.82, 2.24) is 29.0 Å². The number of benzene rings is 1. The van der Waals surface area contributed by atoms with Crippen LogP contribution >= 0.6 is 11.3 Å². The van der Waals surface area contributed by atoms with Gasteiger partial charge in [0, 0.05) is 5.56 Å². The Bertz CT molecular complexity index is 1670. The van der Waals surface area contributed by atoms with Crippen LogP contribution < -0.4 is 5.56 Å². The molecular formula is C20H9N7O2S. The van der Waals surface area contributed by atoms with Gasteiger partial charge in [0.1, 0.15) is 28.4 Å². The summed E-state index contributed by atoms with van der Waals surface area (Å²) in [5.41, 5.74) is 1.45. The average Bonchev–Trinajstić information content (AvgIpc) is 3.51. The van der Waals surface area contributed by atoms with E-state index in [9.17, 15) is 10.1 Å². The van der Waals surface area contributed by atoms with Gasteiger partial charge in [-0.1, -0.05) is 41.7 Å². The highest BCUT2D eigenvalue weighted by molar-refractivity contribution is 7.24. The number of thiazole rings is 1. The van der Waals surface area contributed by atoms with Crippen molar-refractivity contribution in [1.29, 1.82) is 5.26 Å². The van der Waals surface area contributed by atoms with Crippen molar-refractivity contribution in [2.24, 2.45) is 0 Å². The highest BCUT2D eigenvalue weighted by Gasteiger charge is 2.22. The molecule has 0 spiro atoms. The van der Waals surface area contributed by atoms with E-state index >= 15 is 0 Å². The summed E-state index contributed by atoms with van der Waals surface area (Å²) < 4.78 is 9.12. The van der Waals surface area contributed by atoms with Crippen molar-refractivity contribution in [3.05, 3.63) is 71.0 Å². The maximum absolute atomic E-state index is 13.1. The molecule has 1 aromatic carbocycles. The SMILES string of the molecule is N#Cc1c(-c2ccco2)nc2sc3c4nnc(-c5ccccc5)n4cnc3n2c1=O. The number of rotatable bonds is 2. The number of hydrogen-bond acceptors (Lipinski definition) is 8. The summed E-state index contributed by atoms with van der Waals surface area (Å²) in [5, 5.41) is 18.2. The summed E-state index contributed by atoms with van der Waals surface area (Å²) in [6.07, 6.45) is 3.04. The first kappa shape index (κ1) is 16.6. The van der Waals surface area contributed by atoms with E-state index in [4.69, 9.17) is 4.42 Å². The van der Waals surface area contributed by atoms with Crippen LogP contribution in [0.1, 0.15) is 5.56 Å². The molecule has 0 aliphatic heterocycles. The molecule has 0 unspecified atom stereocenters. The lowest BCUT2D eigenvalue weighted by Crippen LogP contribution is -2.18. The molecule has 5 heterocycles. The lowest BCUT2D eigenvalue weighted by Gasteiger charge is -2.01. The monoisotopic (exact) mass is 411 g/mol. The second kappa shape index (κ2) is 6.07. The van der Waals surface area contributed by atoms with Crippen LogP contribution in [0.4, 0.5) is 0 Å². The van der Waals surface area contributed by atoms with Gasteiger partial charge in [0.25, 0.3) is 5.56 Å². The lowest BCUT2D eigenvalue weighted by molar-refractivity contribution is 0.579. The third-order valence-corrected chi connectivity index (χ3v) is 5.78. The van der Waals surface area contributed by atoms with Crippen molar-refractivity contribution in [3.63, 3.8) is 0 Å². The number of nitrogens with zero attached hydrogens (tertiary/aromatic N) is 7. The largest absolute Gasteiger partial charge is 0.463 e. The van der Waals surface area contributed by atoms with Crippen LogP contribution in [0.25, 0.3) is 43.8 Å². The molecule has 0 aliphatic carbocycles. The molecule has 10 heteroatoms. The predicted octanol–water partition coefficient (Wildman–Crippen LogP) is 3.15. The highest BCUT2D eigenvalue weighted by atomic mass is 32.1. The Morgan fingerprint density at radius 1 is 1.07 bits per heavy atom. The second-order valence-electron chi connectivity index (χ2n) is 6.43. The number of fused-ring (bicyclic) bond motifs is 5. The van der Waals surface area contributed by atoms with E-state index in [1.165, 1.54) is 22.0 Å². The summed E-state index contributed by atoms with van der Waals surface area (Å²) in [6.45, 7) is 0. The summed E-state index contributed by atoms with van der Waals surface area (Å²) in [5.74, 6) is 1.00. The normalized spacial score (nSPS) is 11.4. The van der Waals surface area contributed by atoms with Gasteiger partial charge in [-0.25, -0.2) is 14.4 Å². The molecule has 5 aromatic heterocycles. The zero-order valence-electron chi connectivity index (χ0n) is 15.1. The molecular weight excluding hydrogens is 402 g/mol. The lowest BCUT2D eigenvalue weighted by atomic mass is 10.2. The van der Waals surface area contributed by atoms with Gasteiger partial charge in [-0.05, 0) is 12.1 Å². The third-order valence-electron chi connectivity index (χ3n) is 4.75. The molecule has 0 atom stereocenters. The minimum absolute atomic E-state index is 0.102. The number of nitriles is 1. The minimum Gasteiger partial charge on any atom is -0.463 e. The Morgan fingerprint density at radius 2 is 1.93 bits per heavy atom. The van der Waals surface area contributed by atoms with Gasteiger partial charge in [-0.2, -0.15) is 5.26 Å². The maximum atomic E-state index is 13.1. The molecule has 142 valence electrons. The molecule has 0 saturated carbocycles. The van der Waals surface area contributed by atoms with E-state index in [0.717, 1.165) is 5.56 Å². The van der Waals surface area contributed by atoms with Gasteiger partial charge in [0.15, 0.2) is 27.8 Å². The van der Waals surface area contributed by atoms with Crippen molar-refractivity contribution >= 4 is 32.3 Å². The Hall–Kier alpha value is -4.36. The van der Waals surface area contributed by atoms with Crippen LogP contribution in [0.5, 0.6) is 0 Å². The van der Waals surface area contributed by atoms with E-state index in [0.29, 0.717) is 32.5 Å². The second-order valence-corrected chi connectivity index (χ2v) is 7.41. The molecule has 0 bridgehead atoms. The van der Waals surface area contributed by atoms with Crippen LogP contribution in [0, 0.1) is 11.3 Å². The first-order valence-corrected chi connectivity index (χ1v) is 9.66. The molecule has 0 saturated heterocycles. The van der Waals surface area contributed by atoms with Crippen molar-refractivity contribution in [3.8, 4) is 28.9 Å². The summed E-state index contributed by atoms with van der Waals surface area (Å²) in [7, 11) is 0. The fourth-order valence-corrected chi connectivity index (χ4v) is 4.45. The minimum atomic E-state index is -0.500. The highest BCUT2D eigenvalue weighted by Crippen LogP contribution is 2.30. The summed E-state index contributed by atoms with van der Waals surface area (Å²) >= 11 is 1.26. The maximum Gasteiger partial charge on any atom is 0.278 e. The van der Waals surface area contributed by atoms with Crippen LogP contribution in [0.3, 0.4) is 0 Å². The smallest absolute Gasteiger partial charge is 0.278 e. The van der Waals surface area contributed by atoms with Gasteiger partial charge in [0.05, 0.1) is 6.26 Å². The van der Waals surface area contributed by atoms with Crippen LogP contribution in [-0.4, -0.2) is 29.0 Å². The van der Waals surface area contributed by atoms with E-state index in [2.05, 4.69) is 20.2 Å². The van der Waals surface area contributed by atoms with E-state index in [-0.39, 0.29) is 11.3 Å². The van der Waals surface area contributed by atoms with Gasteiger partial charge in [-0.3, -0.25) is 9.20 Å². The van der Waals surface area contributed by atoms with Crippen molar-refractivity contribution in [2.75, 3.05) is 0 Å². The van der Waals surface area contributed by atoms with Gasteiger partial charge < -0.3 is 4.42 Å². The molecule has 30 heavy (non-hydrogen) atoms. The first-order valence-electron chi connectivity index (χ1n) is 8.84. The summed E-state index contributed by atoms with van der Waals surface area (Å²) in [4.78, 5) is 22.5. The number of hydrogen-bond donors (Lipinski definition) is 0. The van der Waals surface area contributed by atoms with Gasteiger partial charge in [0.2, 0.25) is 0 Å². The van der Waals surface area contributed by atoms with E-state index in [1.54, 1.807) is 22.9 Å². The van der Waals surface area contributed by atoms with Crippen LogP contribution in [-0.2, 0) is 0 Å². The third kappa shape index (κ3) is 2.17. The van der Waals surface area contributed by atoms with E-state index < -0.39 is 5.56 Å². The molecule has 6 rings (SSSR count). The molecule has 0 fully saturated rings. The molecule has 9 nitrogen and oxygen atoms in total. The fourth-order valence-electron chi connectivity index (χ4n) is 3.40. The van der Waals surface area contributed by atoms with Crippen molar-refractivity contribution < 1.29 is 4.42 Å². The van der Waals surface area contributed by atoms with Crippen molar-refractivity contribution in [2.45, 2.75) is 0 Å². The van der Waals surface area contributed by atoms with Gasteiger partial charge in [-0.15, -0.1) is 10.2 Å². The Labute approximate surface area is 171 Å². The predicted molar refractivity (Wildman–Crippen MR) is 109 cm³/mol. The zero-order valence-corrected chi connectivity index (χ0v) is 15.9. The fraction of sp³-hybridized carbons (Fsp3) is 0. The summed E-state index contributed by atoms with van der Waals surface area (Å²) in [6, 6.07) is 14.9. The molecule has 0 aliphatic rings. The Kier molecular flexibility index (Phi) is 3.35. The quantitative estimate of drug-likeness (QED) is 0.430. The topological polar surface area (TPSA) is 114 Å². The van der Waals surface area contributed by atoms with Crippen LogP contribution in [0.15, 0.2) is 64.3 Å².